The van der Waals surface area contributed by atoms with Gasteiger partial charge in [0.15, 0.2) is 0 Å². The van der Waals surface area contributed by atoms with Crippen molar-refractivity contribution in [3.63, 3.8) is 0 Å². The fourth-order valence-corrected chi connectivity index (χ4v) is 2.13. The van der Waals surface area contributed by atoms with Gasteiger partial charge in [0.05, 0.1) is 17.8 Å². The van der Waals surface area contributed by atoms with E-state index in [0.29, 0.717) is 5.69 Å². The van der Waals surface area contributed by atoms with Crippen molar-refractivity contribution in [1.82, 2.24) is 4.98 Å². The molecule has 0 saturated carbocycles. The summed E-state index contributed by atoms with van der Waals surface area (Å²) in [6.45, 7) is 7.72. The summed E-state index contributed by atoms with van der Waals surface area (Å²) in [5.41, 5.74) is 1.46. The van der Waals surface area contributed by atoms with E-state index >= 15 is 0 Å². The SMILES string of the molecule is CCN(CC)c1ccc(N(C)C(=O)CCC(=O)O)c(C)n1. The van der Waals surface area contributed by atoms with E-state index in [4.69, 9.17) is 5.11 Å². The summed E-state index contributed by atoms with van der Waals surface area (Å²) < 4.78 is 0. The van der Waals surface area contributed by atoms with Crippen LogP contribution in [0.15, 0.2) is 12.1 Å². The highest BCUT2D eigenvalue weighted by Crippen LogP contribution is 2.22. The van der Waals surface area contributed by atoms with E-state index in [-0.39, 0.29) is 18.7 Å². The van der Waals surface area contributed by atoms with Crippen LogP contribution in [-0.2, 0) is 9.59 Å². The number of hydrogen-bond acceptors (Lipinski definition) is 4. The molecule has 0 aliphatic rings. The molecular weight excluding hydrogens is 270 g/mol. The van der Waals surface area contributed by atoms with Crippen molar-refractivity contribution in [2.24, 2.45) is 0 Å². The van der Waals surface area contributed by atoms with Gasteiger partial charge in [0, 0.05) is 26.6 Å². The minimum Gasteiger partial charge on any atom is -0.481 e. The summed E-state index contributed by atoms with van der Waals surface area (Å²) in [7, 11) is 1.64. The Morgan fingerprint density at radius 2 is 1.81 bits per heavy atom. The normalized spacial score (nSPS) is 10.3. The summed E-state index contributed by atoms with van der Waals surface area (Å²) in [5.74, 6) is -0.311. The fourth-order valence-electron chi connectivity index (χ4n) is 2.13. The topological polar surface area (TPSA) is 73.7 Å². The first-order chi connectivity index (χ1) is 9.90. The van der Waals surface area contributed by atoms with Gasteiger partial charge in [-0.05, 0) is 32.9 Å². The van der Waals surface area contributed by atoms with E-state index in [1.54, 1.807) is 7.05 Å². The van der Waals surface area contributed by atoms with Crippen LogP contribution < -0.4 is 9.80 Å². The van der Waals surface area contributed by atoms with Crippen LogP contribution in [0.2, 0.25) is 0 Å². The van der Waals surface area contributed by atoms with Gasteiger partial charge in [-0.25, -0.2) is 4.98 Å². The third-order valence-electron chi connectivity index (χ3n) is 3.42. The Morgan fingerprint density at radius 1 is 1.19 bits per heavy atom. The maximum absolute atomic E-state index is 12.0. The Balaban J connectivity index is 2.88. The summed E-state index contributed by atoms with van der Waals surface area (Å²) in [5, 5.41) is 8.63. The van der Waals surface area contributed by atoms with Crippen molar-refractivity contribution < 1.29 is 14.7 Å². The second-order valence-electron chi connectivity index (χ2n) is 4.79. The van der Waals surface area contributed by atoms with Gasteiger partial charge in [0.1, 0.15) is 5.82 Å². The van der Waals surface area contributed by atoms with Gasteiger partial charge in [-0.2, -0.15) is 0 Å². The number of aromatic nitrogens is 1. The Labute approximate surface area is 125 Å². The number of rotatable bonds is 7. The van der Waals surface area contributed by atoms with Gasteiger partial charge in [0.25, 0.3) is 0 Å². The number of carbonyl (C=O) groups excluding carboxylic acids is 1. The molecule has 0 bridgehead atoms. The van der Waals surface area contributed by atoms with Crippen LogP contribution in [0.3, 0.4) is 0 Å². The second-order valence-corrected chi connectivity index (χ2v) is 4.79. The minimum atomic E-state index is -0.969. The first-order valence-corrected chi connectivity index (χ1v) is 7.11. The molecule has 1 aromatic heterocycles. The molecule has 0 fully saturated rings. The maximum Gasteiger partial charge on any atom is 0.303 e. The molecule has 0 radical (unpaired) electrons. The summed E-state index contributed by atoms with van der Waals surface area (Å²) in [4.78, 5) is 30.6. The molecule has 0 aromatic carbocycles. The van der Waals surface area contributed by atoms with Crippen molar-refractivity contribution in [2.45, 2.75) is 33.6 Å². The van der Waals surface area contributed by atoms with Gasteiger partial charge in [0.2, 0.25) is 5.91 Å². The van der Waals surface area contributed by atoms with Crippen LogP contribution >= 0.6 is 0 Å². The Kier molecular flexibility index (Phi) is 6.14. The van der Waals surface area contributed by atoms with Crippen molar-refractivity contribution in [1.29, 1.82) is 0 Å². The van der Waals surface area contributed by atoms with Crippen LogP contribution in [0.4, 0.5) is 11.5 Å². The van der Waals surface area contributed by atoms with E-state index in [0.717, 1.165) is 24.6 Å². The highest BCUT2D eigenvalue weighted by Gasteiger charge is 2.16. The minimum absolute atomic E-state index is 0.0108. The number of aliphatic carboxylic acids is 1. The number of amides is 1. The number of anilines is 2. The van der Waals surface area contributed by atoms with E-state index in [9.17, 15) is 9.59 Å². The zero-order valence-electron chi connectivity index (χ0n) is 13.1. The third-order valence-corrected chi connectivity index (χ3v) is 3.42. The molecule has 6 heteroatoms. The fraction of sp³-hybridized carbons (Fsp3) is 0.533. The molecule has 1 amide bonds. The van der Waals surface area contributed by atoms with Crippen LogP contribution in [0.25, 0.3) is 0 Å². The van der Waals surface area contributed by atoms with Crippen molar-refractivity contribution in [2.75, 3.05) is 29.9 Å². The molecule has 1 aromatic rings. The molecule has 0 aliphatic heterocycles. The molecule has 1 N–H and O–H groups in total. The average Bonchev–Trinajstić information content (AvgIpc) is 2.45. The molecule has 21 heavy (non-hydrogen) atoms. The maximum atomic E-state index is 12.0. The molecule has 0 saturated heterocycles. The smallest absolute Gasteiger partial charge is 0.303 e. The summed E-state index contributed by atoms with van der Waals surface area (Å²) in [6, 6.07) is 3.74. The first kappa shape index (κ1) is 16.9. The number of carboxylic acid groups (broad SMARTS) is 1. The van der Waals surface area contributed by atoms with Gasteiger partial charge >= 0.3 is 5.97 Å². The lowest BCUT2D eigenvalue weighted by atomic mass is 10.2. The van der Waals surface area contributed by atoms with Gasteiger partial charge in [-0.3, -0.25) is 9.59 Å². The largest absolute Gasteiger partial charge is 0.481 e. The lowest BCUT2D eigenvalue weighted by Crippen LogP contribution is -2.28. The molecule has 1 rings (SSSR count). The molecule has 1 heterocycles. The zero-order valence-corrected chi connectivity index (χ0v) is 13.1. The van der Waals surface area contributed by atoms with Crippen LogP contribution in [-0.4, -0.2) is 42.1 Å². The summed E-state index contributed by atoms with van der Waals surface area (Å²) in [6.07, 6.45) is -0.170. The predicted molar refractivity (Wildman–Crippen MR) is 82.8 cm³/mol. The predicted octanol–water partition coefficient (Wildman–Crippen LogP) is 2.06. The van der Waals surface area contributed by atoms with Gasteiger partial charge < -0.3 is 14.9 Å². The lowest BCUT2D eigenvalue weighted by Gasteiger charge is -2.23. The summed E-state index contributed by atoms with van der Waals surface area (Å²) >= 11 is 0. The van der Waals surface area contributed by atoms with Crippen molar-refractivity contribution in [3.05, 3.63) is 17.8 Å². The highest BCUT2D eigenvalue weighted by atomic mass is 16.4. The second kappa shape index (κ2) is 7.61. The Bertz CT molecular complexity index is 513. The monoisotopic (exact) mass is 293 g/mol. The first-order valence-electron chi connectivity index (χ1n) is 7.11. The van der Waals surface area contributed by atoms with Gasteiger partial charge in [-0.15, -0.1) is 0 Å². The van der Waals surface area contributed by atoms with Crippen molar-refractivity contribution in [3.8, 4) is 0 Å². The lowest BCUT2D eigenvalue weighted by molar-refractivity contribution is -0.138. The molecule has 0 spiro atoms. The third kappa shape index (κ3) is 4.44. The Hall–Kier alpha value is -2.11. The quantitative estimate of drug-likeness (QED) is 0.833. The molecule has 0 unspecified atom stereocenters. The molecule has 0 atom stereocenters. The number of pyridine rings is 1. The number of hydrogen-bond donors (Lipinski definition) is 1. The molecule has 116 valence electrons. The van der Waals surface area contributed by atoms with E-state index in [2.05, 4.69) is 23.7 Å². The van der Waals surface area contributed by atoms with Gasteiger partial charge in [-0.1, -0.05) is 0 Å². The molecule has 6 nitrogen and oxygen atoms in total. The van der Waals surface area contributed by atoms with Crippen LogP contribution in [0, 0.1) is 6.92 Å². The van der Waals surface area contributed by atoms with E-state index in [1.807, 2.05) is 19.1 Å². The van der Waals surface area contributed by atoms with E-state index in [1.165, 1.54) is 4.90 Å². The van der Waals surface area contributed by atoms with Crippen molar-refractivity contribution >= 4 is 23.4 Å². The highest BCUT2D eigenvalue weighted by molar-refractivity contribution is 5.94. The number of carbonyl (C=O) groups is 2. The van der Waals surface area contributed by atoms with Crippen LogP contribution in [0.5, 0.6) is 0 Å². The Morgan fingerprint density at radius 3 is 2.29 bits per heavy atom. The zero-order chi connectivity index (χ0) is 16.0. The average molecular weight is 293 g/mol. The number of nitrogens with zero attached hydrogens (tertiary/aromatic N) is 3. The van der Waals surface area contributed by atoms with E-state index < -0.39 is 5.97 Å². The number of carboxylic acids is 1. The molecule has 0 aliphatic carbocycles. The number of aryl methyl sites for hydroxylation is 1. The standard InChI is InChI=1S/C15H23N3O3/c1-5-18(6-2)13-8-7-12(11(3)16-13)17(4)14(19)9-10-15(20)21/h7-8H,5-6,9-10H2,1-4H3,(H,20,21). The molecular formula is C15H23N3O3. The van der Waals surface area contributed by atoms with Crippen LogP contribution in [0.1, 0.15) is 32.4 Å².